The summed E-state index contributed by atoms with van der Waals surface area (Å²) in [5.74, 6) is 0.362. The number of nitrogens with two attached hydrogens (primary N) is 1. The fraction of sp³-hybridized carbons (Fsp3) is 0.923. The molecular formula is C13H25N3O. The standard InChI is InChI=1S/C13H25N3O/c1-10(2)12(14)13(17)16-8-6-15(7-9-16)11-4-3-5-11/h10-12H,3-9,14H2,1-2H3. The second-order valence-corrected chi connectivity index (χ2v) is 5.72. The molecule has 17 heavy (non-hydrogen) atoms. The fourth-order valence-electron chi connectivity index (χ4n) is 2.56. The highest BCUT2D eigenvalue weighted by molar-refractivity contribution is 5.82. The molecule has 0 bridgehead atoms. The minimum absolute atomic E-state index is 0.133. The molecule has 98 valence electrons. The number of nitrogens with zero attached hydrogens (tertiary/aromatic N) is 2. The van der Waals surface area contributed by atoms with E-state index in [1.165, 1.54) is 19.3 Å². The first-order valence-corrected chi connectivity index (χ1v) is 6.88. The van der Waals surface area contributed by atoms with Crippen molar-refractivity contribution in [1.82, 2.24) is 9.80 Å². The van der Waals surface area contributed by atoms with E-state index in [1.807, 2.05) is 18.7 Å². The maximum atomic E-state index is 12.1. The molecule has 2 N–H and O–H groups in total. The van der Waals surface area contributed by atoms with Crippen LogP contribution in [0, 0.1) is 5.92 Å². The van der Waals surface area contributed by atoms with Gasteiger partial charge in [-0.05, 0) is 18.8 Å². The third-order valence-electron chi connectivity index (χ3n) is 4.22. The van der Waals surface area contributed by atoms with Gasteiger partial charge in [0, 0.05) is 32.2 Å². The number of carbonyl (C=O) groups is 1. The molecule has 2 aliphatic rings. The van der Waals surface area contributed by atoms with Crippen LogP contribution in [-0.2, 0) is 4.79 Å². The summed E-state index contributed by atoms with van der Waals surface area (Å²) in [6, 6.07) is 0.469. The molecule has 1 unspecified atom stereocenters. The maximum Gasteiger partial charge on any atom is 0.239 e. The van der Waals surface area contributed by atoms with Crippen LogP contribution in [0.15, 0.2) is 0 Å². The predicted molar refractivity (Wildman–Crippen MR) is 68.6 cm³/mol. The van der Waals surface area contributed by atoms with Crippen LogP contribution in [0.4, 0.5) is 0 Å². The van der Waals surface area contributed by atoms with Crippen molar-refractivity contribution in [2.75, 3.05) is 26.2 Å². The van der Waals surface area contributed by atoms with Crippen molar-refractivity contribution in [2.24, 2.45) is 11.7 Å². The van der Waals surface area contributed by atoms with E-state index in [9.17, 15) is 4.79 Å². The van der Waals surface area contributed by atoms with E-state index in [0.29, 0.717) is 0 Å². The van der Waals surface area contributed by atoms with Gasteiger partial charge in [-0.15, -0.1) is 0 Å². The highest BCUT2D eigenvalue weighted by atomic mass is 16.2. The summed E-state index contributed by atoms with van der Waals surface area (Å²) in [6.07, 6.45) is 4.07. The molecule has 1 saturated carbocycles. The molecule has 2 fully saturated rings. The van der Waals surface area contributed by atoms with Crippen molar-refractivity contribution in [3.8, 4) is 0 Å². The summed E-state index contributed by atoms with van der Waals surface area (Å²) in [7, 11) is 0. The number of rotatable bonds is 3. The normalized spacial score (nSPS) is 24.8. The van der Waals surface area contributed by atoms with E-state index in [-0.39, 0.29) is 17.9 Å². The number of carbonyl (C=O) groups excluding carboxylic acids is 1. The minimum atomic E-state index is -0.328. The van der Waals surface area contributed by atoms with Gasteiger partial charge in [0.05, 0.1) is 6.04 Å². The highest BCUT2D eigenvalue weighted by Crippen LogP contribution is 2.25. The number of hydrogen-bond acceptors (Lipinski definition) is 3. The topological polar surface area (TPSA) is 49.6 Å². The molecule has 1 aliphatic carbocycles. The Balaban J connectivity index is 1.79. The Morgan fingerprint density at radius 3 is 2.18 bits per heavy atom. The van der Waals surface area contributed by atoms with Gasteiger partial charge in [0.15, 0.2) is 0 Å². The molecule has 4 heteroatoms. The van der Waals surface area contributed by atoms with Crippen LogP contribution in [0.25, 0.3) is 0 Å². The average molecular weight is 239 g/mol. The average Bonchev–Trinajstić information content (AvgIpc) is 2.25. The molecule has 1 heterocycles. The maximum absolute atomic E-state index is 12.1. The van der Waals surface area contributed by atoms with E-state index in [1.54, 1.807) is 0 Å². The number of amides is 1. The van der Waals surface area contributed by atoms with Crippen LogP contribution in [0.1, 0.15) is 33.1 Å². The number of hydrogen-bond donors (Lipinski definition) is 1. The van der Waals surface area contributed by atoms with Crippen LogP contribution < -0.4 is 5.73 Å². The molecule has 0 aromatic rings. The van der Waals surface area contributed by atoms with Gasteiger partial charge in [0.2, 0.25) is 5.91 Å². The van der Waals surface area contributed by atoms with Gasteiger partial charge in [0.25, 0.3) is 0 Å². The van der Waals surface area contributed by atoms with Crippen LogP contribution in [0.3, 0.4) is 0 Å². The van der Waals surface area contributed by atoms with E-state index in [2.05, 4.69) is 4.90 Å². The largest absolute Gasteiger partial charge is 0.339 e. The lowest BCUT2D eigenvalue weighted by atomic mass is 9.91. The van der Waals surface area contributed by atoms with E-state index in [0.717, 1.165) is 32.2 Å². The SMILES string of the molecule is CC(C)C(N)C(=O)N1CCN(C2CCC2)CC1. The van der Waals surface area contributed by atoms with Crippen molar-refractivity contribution in [3.63, 3.8) is 0 Å². The summed E-state index contributed by atoms with van der Waals surface area (Å²) >= 11 is 0. The quantitative estimate of drug-likeness (QED) is 0.787. The first-order valence-electron chi connectivity index (χ1n) is 6.88. The molecule has 0 aromatic heterocycles. The molecule has 1 amide bonds. The van der Waals surface area contributed by atoms with Gasteiger partial charge in [-0.25, -0.2) is 0 Å². The second kappa shape index (κ2) is 5.36. The molecule has 0 aromatic carbocycles. The van der Waals surface area contributed by atoms with Crippen LogP contribution >= 0.6 is 0 Å². The summed E-state index contributed by atoms with van der Waals surface area (Å²) in [5.41, 5.74) is 5.92. The van der Waals surface area contributed by atoms with Gasteiger partial charge in [-0.3, -0.25) is 9.69 Å². The third kappa shape index (κ3) is 2.80. The lowest BCUT2D eigenvalue weighted by Crippen LogP contribution is -2.57. The summed E-state index contributed by atoms with van der Waals surface area (Å²) in [4.78, 5) is 16.6. The highest BCUT2D eigenvalue weighted by Gasteiger charge is 2.31. The molecule has 1 atom stereocenters. The van der Waals surface area contributed by atoms with Gasteiger partial charge in [0.1, 0.15) is 0 Å². The lowest BCUT2D eigenvalue weighted by molar-refractivity contribution is -0.135. The Bertz CT molecular complexity index is 268. The fourth-order valence-corrected chi connectivity index (χ4v) is 2.56. The van der Waals surface area contributed by atoms with E-state index >= 15 is 0 Å². The first-order chi connectivity index (χ1) is 8.09. The van der Waals surface area contributed by atoms with Crippen molar-refractivity contribution in [3.05, 3.63) is 0 Å². The molecule has 1 aliphatic heterocycles. The summed E-state index contributed by atoms with van der Waals surface area (Å²) < 4.78 is 0. The Labute approximate surface area is 104 Å². The Morgan fingerprint density at radius 2 is 1.76 bits per heavy atom. The van der Waals surface area contributed by atoms with Crippen LogP contribution in [0.2, 0.25) is 0 Å². The zero-order chi connectivity index (χ0) is 12.4. The van der Waals surface area contributed by atoms with E-state index < -0.39 is 0 Å². The van der Waals surface area contributed by atoms with Crippen molar-refractivity contribution in [2.45, 2.75) is 45.2 Å². The van der Waals surface area contributed by atoms with Gasteiger partial charge in [-0.1, -0.05) is 20.3 Å². The summed E-state index contributed by atoms with van der Waals surface area (Å²) in [5, 5.41) is 0. The molecule has 4 nitrogen and oxygen atoms in total. The van der Waals surface area contributed by atoms with Gasteiger partial charge < -0.3 is 10.6 Å². The molecule has 2 rings (SSSR count). The van der Waals surface area contributed by atoms with Crippen molar-refractivity contribution in [1.29, 1.82) is 0 Å². The third-order valence-corrected chi connectivity index (χ3v) is 4.22. The minimum Gasteiger partial charge on any atom is -0.339 e. The van der Waals surface area contributed by atoms with Gasteiger partial charge >= 0.3 is 0 Å². The Hall–Kier alpha value is -0.610. The molecule has 1 saturated heterocycles. The Kier molecular flexibility index (Phi) is 4.05. The Morgan fingerprint density at radius 1 is 1.18 bits per heavy atom. The van der Waals surface area contributed by atoms with Crippen LogP contribution in [-0.4, -0.2) is 54.0 Å². The van der Waals surface area contributed by atoms with Gasteiger partial charge in [-0.2, -0.15) is 0 Å². The monoisotopic (exact) mass is 239 g/mol. The second-order valence-electron chi connectivity index (χ2n) is 5.72. The molecule has 0 radical (unpaired) electrons. The van der Waals surface area contributed by atoms with Crippen molar-refractivity contribution < 1.29 is 4.79 Å². The molecule has 0 spiro atoms. The van der Waals surface area contributed by atoms with Crippen LogP contribution in [0.5, 0.6) is 0 Å². The summed E-state index contributed by atoms with van der Waals surface area (Å²) in [6.45, 7) is 7.79. The molecular weight excluding hydrogens is 214 g/mol. The zero-order valence-corrected chi connectivity index (χ0v) is 11.1. The lowest BCUT2D eigenvalue weighted by Gasteiger charge is -2.43. The first kappa shape index (κ1) is 12.8. The zero-order valence-electron chi connectivity index (χ0n) is 11.1. The predicted octanol–water partition coefficient (Wildman–Crippen LogP) is 0.666. The number of piperazine rings is 1. The van der Waals surface area contributed by atoms with Crippen molar-refractivity contribution >= 4 is 5.91 Å². The smallest absolute Gasteiger partial charge is 0.239 e. The van der Waals surface area contributed by atoms with E-state index in [4.69, 9.17) is 5.73 Å².